The number of carbonyl (C=O) groups excluding carboxylic acids is 2. The molecule has 7 heteroatoms. The Morgan fingerprint density at radius 3 is 2.83 bits per heavy atom. The number of rotatable bonds is 7. The van der Waals surface area contributed by atoms with Crippen LogP contribution in [0.1, 0.15) is 50.2 Å². The van der Waals surface area contributed by atoms with Gasteiger partial charge in [0.25, 0.3) is 0 Å². The summed E-state index contributed by atoms with van der Waals surface area (Å²) in [6, 6.07) is 13.0. The van der Waals surface area contributed by atoms with Crippen molar-refractivity contribution in [3.63, 3.8) is 0 Å². The summed E-state index contributed by atoms with van der Waals surface area (Å²) in [6.07, 6.45) is 4.15. The van der Waals surface area contributed by atoms with E-state index in [-0.39, 0.29) is 23.8 Å². The van der Waals surface area contributed by atoms with Crippen LogP contribution in [0.4, 0.5) is 0 Å². The predicted octanol–water partition coefficient (Wildman–Crippen LogP) is 4.19. The van der Waals surface area contributed by atoms with Gasteiger partial charge in [0, 0.05) is 35.8 Å². The summed E-state index contributed by atoms with van der Waals surface area (Å²) < 4.78 is 5.65. The lowest BCUT2D eigenvalue weighted by Gasteiger charge is -2.28. The smallest absolute Gasteiger partial charge is 0.526 e. The monoisotopic (exact) mass is 419 g/mol. The van der Waals surface area contributed by atoms with Gasteiger partial charge in [-0.05, 0) is 43.0 Å². The summed E-state index contributed by atoms with van der Waals surface area (Å²) in [6.45, 7) is 1.47. The minimum atomic E-state index is -1.12. The normalized spacial score (nSPS) is 15.4. The van der Waals surface area contributed by atoms with Crippen LogP contribution in [-0.4, -0.2) is 28.7 Å². The van der Waals surface area contributed by atoms with Crippen LogP contribution in [0.3, 0.4) is 0 Å². The fourth-order valence-corrected chi connectivity index (χ4v) is 4.44. The molecule has 2 heterocycles. The third-order valence-corrected chi connectivity index (χ3v) is 6.25. The highest BCUT2D eigenvalue weighted by molar-refractivity contribution is 7.09. The first kappa shape index (κ1) is 20.5. The summed E-state index contributed by atoms with van der Waals surface area (Å²) in [5, 5.41) is 13.5. The maximum Gasteiger partial charge on any atom is 0.526 e. The lowest BCUT2D eigenvalue weighted by molar-refractivity contribution is 0.0971. The highest BCUT2D eigenvalue weighted by Crippen LogP contribution is 2.36. The first-order chi connectivity index (χ1) is 14.5. The van der Waals surface area contributed by atoms with Crippen molar-refractivity contribution in [1.29, 1.82) is 0 Å². The molecule has 0 unspecified atom stereocenters. The number of fused-ring (bicyclic) bond motifs is 1. The number of aryl methyl sites for hydroxylation is 2. The van der Waals surface area contributed by atoms with E-state index in [4.69, 9.17) is 4.65 Å². The van der Waals surface area contributed by atoms with Crippen molar-refractivity contribution in [2.24, 2.45) is 0 Å². The third kappa shape index (κ3) is 4.52. The van der Waals surface area contributed by atoms with Crippen LogP contribution in [0.2, 0.25) is 5.82 Å². The van der Waals surface area contributed by atoms with Crippen molar-refractivity contribution in [1.82, 2.24) is 4.98 Å². The molecule has 1 aliphatic heterocycles. The number of nitrogens with zero attached hydrogens (tertiary/aromatic N) is 1. The minimum Gasteiger partial charge on any atom is -0.535 e. The number of hydrogen-bond acceptors (Lipinski definition) is 6. The van der Waals surface area contributed by atoms with Crippen LogP contribution in [0, 0.1) is 0 Å². The number of hydrogen-bond donors (Lipinski definition) is 1. The molecule has 0 radical (unpaired) electrons. The topological polar surface area (TPSA) is 76.5 Å². The van der Waals surface area contributed by atoms with Gasteiger partial charge in [-0.3, -0.25) is 9.59 Å². The number of para-hydroxylation sites is 1. The van der Waals surface area contributed by atoms with Gasteiger partial charge in [-0.1, -0.05) is 30.3 Å². The molecule has 0 spiro atoms. The van der Waals surface area contributed by atoms with Crippen LogP contribution in [0.15, 0.2) is 54.0 Å². The molecule has 1 aliphatic rings. The van der Waals surface area contributed by atoms with E-state index < -0.39 is 7.12 Å². The third-order valence-electron chi connectivity index (χ3n) is 5.41. The first-order valence-corrected chi connectivity index (χ1v) is 10.9. The van der Waals surface area contributed by atoms with E-state index in [1.807, 2.05) is 35.7 Å². The summed E-state index contributed by atoms with van der Waals surface area (Å²) in [5.74, 6) is -0.0513. The number of ketones is 2. The van der Waals surface area contributed by atoms with Gasteiger partial charge >= 0.3 is 7.12 Å². The average Bonchev–Trinajstić information content (AvgIpc) is 3.26. The molecular formula is C23H22BNO4S. The lowest BCUT2D eigenvalue weighted by Crippen LogP contribution is -2.35. The standard InChI is InChI=1S/C23H22BNO4S/c1-15(26)20-7-3-6-18-13-19(24(28)29-23(18)20)14-21(27)17-5-2-4-16(12-17)8-9-22-25-10-11-30-22/h2-7,10-12,19,28H,8-9,13-14H2,1H3/t19-/m1/s1. The average molecular weight is 419 g/mol. The zero-order valence-corrected chi connectivity index (χ0v) is 17.5. The molecule has 1 N–H and O–H groups in total. The summed E-state index contributed by atoms with van der Waals surface area (Å²) in [4.78, 5) is 29.0. The van der Waals surface area contributed by atoms with Gasteiger partial charge < -0.3 is 9.68 Å². The Balaban J connectivity index is 1.44. The van der Waals surface area contributed by atoms with Crippen molar-refractivity contribution >= 4 is 30.0 Å². The van der Waals surface area contributed by atoms with Crippen LogP contribution in [0.25, 0.3) is 0 Å². The van der Waals surface area contributed by atoms with Gasteiger partial charge in [-0.15, -0.1) is 11.3 Å². The van der Waals surface area contributed by atoms with E-state index in [9.17, 15) is 14.6 Å². The first-order valence-electron chi connectivity index (χ1n) is 9.99. The predicted molar refractivity (Wildman–Crippen MR) is 117 cm³/mol. The van der Waals surface area contributed by atoms with Crippen molar-refractivity contribution in [2.75, 3.05) is 0 Å². The zero-order chi connectivity index (χ0) is 21.1. The molecule has 3 aromatic rings. The second kappa shape index (κ2) is 8.94. The number of Topliss-reactive ketones (excluding diaryl/α,β-unsaturated/α-hetero) is 2. The SMILES string of the molecule is CC(=O)c1cccc2c1OB(O)[C@@H](CC(=O)c1cccc(CCc3nccs3)c1)C2. The molecule has 152 valence electrons. The van der Waals surface area contributed by atoms with E-state index in [0.717, 1.165) is 29.0 Å². The Bertz CT molecular complexity index is 1070. The number of aromatic nitrogens is 1. The largest absolute Gasteiger partial charge is 0.535 e. The number of thiazole rings is 1. The van der Waals surface area contributed by atoms with Crippen LogP contribution >= 0.6 is 11.3 Å². The fourth-order valence-electron chi connectivity index (χ4n) is 3.82. The van der Waals surface area contributed by atoms with E-state index >= 15 is 0 Å². The molecule has 2 aromatic carbocycles. The lowest BCUT2D eigenvalue weighted by atomic mass is 9.64. The molecule has 0 fully saturated rings. The van der Waals surface area contributed by atoms with E-state index in [0.29, 0.717) is 23.3 Å². The number of carbonyl (C=O) groups is 2. The van der Waals surface area contributed by atoms with Gasteiger partial charge in [0.2, 0.25) is 0 Å². The van der Waals surface area contributed by atoms with Crippen molar-refractivity contribution < 1.29 is 19.3 Å². The second-order valence-corrected chi connectivity index (χ2v) is 8.56. The van der Waals surface area contributed by atoms with Crippen LogP contribution in [-0.2, 0) is 19.3 Å². The van der Waals surface area contributed by atoms with E-state index in [1.54, 1.807) is 29.7 Å². The van der Waals surface area contributed by atoms with Gasteiger partial charge in [-0.25, -0.2) is 4.98 Å². The highest BCUT2D eigenvalue weighted by atomic mass is 32.1. The van der Waals surface area contributed by atoms with Crippen molar-refractivity contribution in [3.05, 3.63) is 81.3 Å². The maximum atomic E-state index is 12.9. The molecule has 1 aromatic heterocycles. The highest BCUT2D eigenvalue weighted by Gasteiger charge is 2.37. The van der Waals surface area contributed by atoms with Gasteiger partial charge in [0.05, 0.1) is 10.6 Å². The van der Waals surface area contributed by atoms with E-state index in [2.05, 4.69) is 4.98 Å². The number of benzene rings is 2. The molecule has 4 rings (SSSR count). The molecule has 0 saturated carbocycles. The van der Waals surface area contributed by atoms with Gasteiger partial charge in [-0.2, -0.15) is 0 Å². The summed E-state index contributed by atoms with van der Waals surface area (Å²) >= 11 is 1.63. The van der Waals surface area contributed by atoms with E-state index in [1.165, 1.54) is 6.92 Å². The van der Waals surface area contributed by atoms with Crippen LogP contribution in [0.5, 0.6) is 5.75 Å². The van der Waals surface area contributed by atoms with Crippen molar-refractivity contribution in [3.8, 4) is 5.75 Å². The van der Waals surface area contributed by atoms with Gasteiger partial charge in [0.1, 0.15) is 5.75 Å². The molecule has 30 heavy (non-hydrogen) atoms. The Labute approximate surface area is 179 Å². The molecule has 0 saturated heterocycles. The summed E-state index contributed by atoms with van der Waals surface area (Å²) in [5.41, 5.74) is 3.04. The Morgan fingerprint density at radius 2 is 2.07 bits per heavy atom. The molecule has 0 aliphatic carbocycles. The molecular weight excluding hydrogens is 397 g/mol. The molecule has 5 nitrogen and oxygen atoms in total. The quantitative estimate of drug-likeness (QED) is 0.459. The Kier molecular flexibility index (Phi) is 6.11. The van der Waals surface area contributed by atoms with Crippen molar-refractivity contribution in [2.45, 2.75) is 38.4 Å². The minimum absolute atomic E-state index is 0.0232. The van der Waals surface area contributed by atoms with Crippen LogP contribution < -0.4 is 4.65 Å². The fraction of sp³-hybridized carbons (Fsp3) is 0.261. The summed E-state index contributed by atoms with van der Waals surface area (Å²) in [7, 11) is -1.12. The molecule has 1 atom stereocenters. The zero-order valence-electron chi connectivity index (χ0n) is 16.7. The molecule has 0 amide bonds. The maximum absolute atomic E-state index is 12.9. The Morgan fingerprint density at radius 1 is 1.23 bits per heavy atom. The molecule has 0 bridgehead atoms. The van der Waals surface area contributed by atoms with Gasteiger partial charge in [0.15, 0.2) is 11.6 Å². The Hall–Kier alpha value is -2.77. The second-order valence-electron chi connectivity index (χ2n) is 7.58.